The van der Waals surface area contributed by atoms with Crippen LogP contribution in [0.15, 0.2) is 48.5 Å². The molecule has 2 aromatic carbocycles. The zero-order valence-corrected chi connectivity index (χ0v) is 17.3. The number of hydrogen-bond donors (Lipinski definition) is 1. The topological polar surface area (TPSA) is 65.4 Å². The van der Waals surface area contributed by atoms with Gasteiger partial charge in [-0.1, -0.05) is 18.2 Å². The second-order valence-corrected chi connectivity index (χ2v) is 6.84. The van der Waals surface area contributed by atoms with Crippen LogP contribution in [0.1, 0.15) is 23.2 Å². The molecule has 0 saturated heterocycles. The van der Waals surface area contributed by atoms with E-state index >= 15 is 0 Å². The maximum absolute atomic E-state index is 13.4. The first-order valence-corrected chi connectivity index (χ1v) is 9.47. The normalized spacial score (nSPS) is 11.3. The van der Waals surface area contributed by atoms with E-state index in [2.05, 4.69) is 10.4 Å². The number of methoxy groups -OCH3 is 2. The zero-order valence-electron chi connectivity index (χ0n) is 17.3. The lowest BCUT2D eigenvalue weighted by atomic mass is 10.1. The number of anilines is 1. The van der Waals surface area contributed by atoms with E-state index in [1.807, 2.05) is 6.07 Å². The second kappa shape index (κ2) is 9.11. The number of amides is 1. The van der Waals surface area contributed by atoms with Gasteiger partial charge < -0.3 is 14.8 Å². The minimum atomic E-state index is -4.55. The highest BCUT2D eigenvalue weighted by atomic mass is 19.4. The SMILES string of the molecule is COc1ccc(CCC(=O)Nc2cc(C)nn2-c2ccccc2C(F)(F)F)cc1OC. The molecule has 164 valence electrons. The van der Waals surface area contributed by atoms with E-state index in [4.69, 9.17) is 9.47 Å². The predicted molar refractivity (Wildman–Crippen MR) is 110 cm³/mol. The number of para-hydroxylation sites is 1. The molecule has 0 spiro atoms. The molecule has 1 heterocycles. The Bertz CT molecular complexity index is 1080. The Labute approximate surface area is 177 Å². The number of aryl methyl sites for hydroxylation is 2. The molecule has 9 heteroatoms. The van der Waals surface area contributed by atoms with Crippen LogP contribution in [0.25, 0.3) is 5.69 Å². The van der Waals surface area contributed by atoms with E-state index in [-0.39, 0.29) is 23.8 Å². The molecule has 0 radical (unpaired) electrons. The minimum Gasteiger partial charge on any atom is -0.493 e. The lowest BCUT2D eigenvalue weighted by Crippen LogP contribution is -2.17. The number of nitrogens with zero attached hydrogens (tertiary/aromatic N) is 2. The van der Waals surface area contributed by atoms with E-state index in [9.17, 15) is 18.0 Å². The quantitative estimate of drug-likeness (QED) is 0.582. The standard InChI is InChI=1S/C22H22F3N3O3/c1-14-12-20(28(27-14)17-7-5-4-6-16(17)22(23,24)25)26-21(29)11-9-15-8-10-18(30-2)19(13-15)31-3/h4-8,10,12-13H,9,11H2,1-3H3,(H,26,29). The number of halogens is 3. The number of carbonyl (C=O) groups is 1. The van der Waals surface area contributed by atoms with Crippen molar-refractivity contribution in [3.63, 3.8) is 0 Å². The summed E-state index contributed by atoms with van der Waals surface area (Å²) in [6.07, 6.45) is -4.01. The van der Waals surface area contributed by atoms with Gasteiger partial charge in [-0.2, -0.15) is 18.3 Å². The number of aromatic nitrogens is 2. The maximum Gasteiger partial charge on any atom is 0.418 e. The predicted octanol–water partition coefficient (Wildman–Crippen LogP) is 4.79. The van der Waals surface area contributed by atoms with E-state index < -0.39 is 11.7 Å². The van der Waals surface area contributed by atoms with E-state index in [1.165, 1.54) is 38.5 Å². The van der Waals surface area contributed by atoms with Crippen molar-refractivity contribution in [2.45, 2.75) is 25.9 Å². The summed E-state index contributed by atoms with van der Waals surface area (Å²) < 4.78 is 51.8. The van der Waals surface area contributed by atoms with Crippen molar-refractivity contribution >= 4 is 11.7 Å². The van der Waals surface area contributed by atoms with Crippen LogP contribution in [0.2, 0.25) is 0 Å². The van der Waals surface area contributed by atoms with Gasteiger partial charge in [-0.05, 0) is 43.2 Å². The second-order valence-electron chi connectivity index (χ2n) is 6.84. The highest BCUT2D eigenvalue weighted by Crippen LogP contribution is 2.34. The van der Waals surface area contributed by atoms with Crippen molar-refractivity contribution in [1.82, 2.24) is 9.78 Å². The number of hydrogen-bond acceptors (Lipinski definition) is 4. The highest BCUT2D eigenvalue weighted by Gasteiger charge is 2.34. The van der Waals surface area contributed by atoms with Crippen LogP contribution >= 0.6 is 0 Å². The van der Waals surface area contributed by atoms with E-state index in [0.29, 0.717) is 23.6 Å². The molecule has 0 saturated carbocycles. The molecule has 3 aromatic rings. The van der Waals surface area contributed by atoms with Gasteiger partial charge in [-0.3, -0.25) is 4.79 Å². The Morgan fingerprint density at radius 1 is 1.06 bits per heavy atom. The third-order valence-electron chi connectivity index (χ3n) is 4.63. The molecule has 0 aliphatic heterocycles. The van der Waals surface area contributed by atoms with Gasteiger partial charge in [-0.25, -0.2) is 4.68 Å². The summed E-state index contributed by atoms with van der Waals surface area (Å²) in [4.78, 5) is 12.5. The smallest absolute Gasteiger partial charge is 0.418 e. The van der Waals surface area contributed by atoms with Gasteiger partial charge in [0.05, 0.1) is 31.2 Å². The highest BCUT2D eigenvalue weighted by molar-refractivity contribution is 5.90. The van der Waals surface area contributed by atoms with Crippen LogP contribution in [0.3, 0.4) is 0 Å². The summed E-state index contributed by atoms with van der Waals surface area (Å²) in [7, 11) is 3.06. The fourth-order valence-electron chi connectivity index (χ4n) is 3.17. The third kappa shape index (κ3) is 5.17. The Kier molecular flexibility index (Phi) is 6.53. The molecule has 1 N–H and O–H groups in total. The molecule has 0 atom stereocenters. The van der Waals surface area contributed by atoms with E-state index in [1.54, 1.807) is 19.1 Å². The molecule has 31 heavy (non-hydrogen) atoms. The molecule has 3 rings (SSSR count). The summed E-state index contributed by atoms with van der Waals surface area (Å²) in [5.74, 6) is 0.961. The fraction of sp³-hybridized carbons (Fsp3) is 0.273. The largest absolute Gasteiger partial charge is 0.493 e. The van der Waals surface area contributed by atoms with E-state index in [0.717, 1.165) is 16.3 Å². The lowest BCUT2D eigenvalue weighted by molar-refractivity contribution is -0.137. The first kappa shape index (κ1) is 22.2. The molecular weight excluding hydrogens is 411 g/mol. The molecule has 0 aliphatic rings. The third-order valence-corrected chi connectivity index (χ3v) is 4.63. The van der Waals surface area contributed by atoms with Gasteiger partial charge in [0.1, 0.15) is 5.82 Å². The number of nitrogens with one attached hydrogen (secondary N) is 1. The zero-order chi connectivity index (χ0) is 22.6. The van der Waals surface area contributed by atoms with Crippen LogP contribution in [0.4, 0.5) is 19.0 Å². The number of alkyl halides is 3. The summed E-state index contributed by atoms with van der Waals surface area (Å²) in [6, 6.07) is 12.0. The van der Waals surface area contributed by atoms with Crippen molar-refractivity contribution in [3.8, 4) is 17.2 Å². The minimum absolute atomic E-state index is 0.126. The molecule has 1 amide bonds. The van der Waals surface area contributed by atoms with Crippen LogP contribution in [-0.4, -0.2) is 29.9 Å². The van der Waals surface area contributed by atoms with Gasteiger partial charge in [0.25, 0.3) is 0 Å². The van der Waals surface area contributed by atoms with Crippen LogP contribution in [0.5, 0.6) is 11.5 Å². The summed E-state index contributed by atoms with van der Waals surface area (Å²) in [5.41, 5.74) is 0.351. The Morgan fingerprint density at radius 2 is 1.77 bits per heavy atom. The van der Waals surface area contributed by atoms with Crippen molar-refractivity contribution in [2.75, 3.05) is 19.5 Å². The van der Waals surface area contributed by atoms with Crippen LogP contribution in [-0.2, 0) is 17.4 Å². The molecular formula is C22H22F3N3O3. The Morgan fingerprint density at radius 3 is 2.45 bits per heavy atom. The van der Waals surface area contributed by atoms with Gasteiger partial charge in [-0.15, -0.1) is 0 Å². The van der Waals surface area contributed by atoms with Crippen LogP contribution in [0, 0.1) is 6.92 Å². The van der Waals surface area contributed by atoms with Crippen molar-refractivity contribution in [2.24, 2.45) is 0 Å². The average molecular weight is 433 g/mol. The molecule has 6 nitrogen and oxygen atoms in total. The Hall–Kier alpha value is -3.49. The first-order valence-electron chi connectivity index (χ1n) is 9.47. The average Bonchev–Trinajstić information content (AvgIpc) is 3.11. The van der Waals surface area contributed by atoms with Crippen LogP contribution < -0.4 is 14.8 Å². The maximum atomic E-state index is 13.4. The van der Waals surface area contributed by atoms with Gasteiger partial charge in [0, 0.05) is 12.5 Å². The number of benzene rings is 2. The molecule has 0 fully saturated rings. The van der Waals surface area contributed by atoms with Crippen molar-refractivity contribution in [1.29, 1.82) is 0 Å². The monoisotopic (exact) mass is 433 g/mol. The van der Waals surface area contributed by atoms with Crippen molar-refractivity contribution < 1.29 is 27.4 Å². The summed E-state index contributed by atoms with van der Waals surface area (Å²) >= 11 is 0. The number of rotatable bonds is 7. The first-order chi connectivity index (χ1) is 14.7. The fourth-order valence-corrected chi connectivity index (χ4v) is 3.17. The van der Waals surface area contributed by atoms with Crippen molar-refractivity contribution in [3.05, 3.63) is 65.4 Å². The molecule has 0 unspecified atom stereocenters. The number of carbonyl (C=O) groups excluding carboxylic acids is 1. The lowest BCUT2D eigenvalue weighted by Gasteiger charge is -2.15. The molecule has 0 aliphatic carbocycles. The van der Waals surface area contributed by atoms with Gasteiger partial charge in [0.15, 0.2) is 11.5 Å². The molecule has 0 bridgehead atoms. The van der Waals surface area contributed by atoms with Gasteiger partial charge >= 0.3 is 6.18 Å². The van der Waals surface area contributed by atoms with Gasteiger partial charge in [0.2, 0.25) is 5.91 Å². The molecule has 1 aromatic heterocycles. The Balaban J connectivity index is 1.77. The number of ether oxygens (including phenoxy) is 2. The summed E-state index contributed by atoms with van der Waals surface area (Å²) in [6.45, 7) is 1.64. The summed E-state index contributed by atoms with van der Waals surface area (Å²) in [5, 5.41) is 6.81.